The number of sulfone groups is 1. The average molecular weight is 311 g/mol. The van der Waals surface area contributed by atoms with E-state index in [0.29, 0.717) is 0 Å². The fraction of sp³-hybridized carbons (Fsp3) is 0.500. The summed E-state index contributed by atoms with van der Waals surface area (Å²) in [4.78, 5) is 0. The summed E-state index contributed by atoms with van der Waals surface area (Å²) in [6.45, 7) is 1.43. The van der Waals surface area contributed by atoms with Crippen LogP contribution in [0.4, 0.5) is 13.2 Å². The molecule has 4 nitrogen and oxygen atoms in total. The summed E-state index contributed by atoms with van der Waals surface area (Å²) in [7, 11) is -1.94. The van der Waals surface area contributed by atoms with Crippen LogP contribution in [0.1, 0.15) is 18.5 Å². The lowest BCUT2D eigenvalue weighted by Crippen LogP contribution is -2.33. The van der Waals surface area contributed by atoms with E-state index in [2.05, 4.69) is 10.1 Å². The summed E-state index contributed by atoms with van der Waals surface area (Å²) in [6, 6.07) is 4.68. The van der Waals surface area contributed by atoms with Crippen molar-refractivity contribution in [3.8, 4) is 5.75 Å². The molecule has 2 unspecified atom stereocenters. The normalized spacial score (nSPS) is 15.7. The molecule has 0 saturated carbocycles. The van der Waals surface area contributed by atoms with Crippen LogP contribution >= 0.6 is 0 Å². The highest BCUT2D eigenvalue weighted by atomic mass is 32.2. The molecule has 0 radical (unpaired) electrons. The van der Waals surface area contributed by atoms with Gasteiger partial charge in [0.15, 0.2) is 9.84 Å². The molecule has 0 aliphatic heterocycles. The Kier molecular flexibility index (Phi) is 5.04. The molecule has 0 spiro atoms. The largest absolute Gasteiger partial charge is 0.573 e. The van der Waals surface area contributed by atoms with Gasteiger partial charge < -0.3 is 10.1 Å². The minimum atomic E-state index is -4.83. The predicted octanol–water partition coefficient (Wildman–Crippen LogP) is 2.28. The van der Waals surface area contributed by atoms with Gasteiger partial charge in [-0.2, -0.15) is 0 Å². The lowest BCUT2D eigenvalue weighted by atomic mass is 10.0. The van der Waals surface area contributed by atoms with Crippen molar-refractivity contribution in [2.75, 3.05) is 13.3 Å². The van der Waals surface area contributed by atoms with Gasteiger partial charge in [0.1, 0.15) is 5.75 Å². The second kappa shape index (κ2) is 6.01. The molecule has 20 heavy (non-hydrogen) atoms. The van der Waals surface area contributed by atoms with Crippen LogP contribution in [-0.4, -0.2) is 33.3 Å². The number of halogens is 3. The first-order valence-electron chi connectivity index (χ1n) is 5.77. The van der Waals surface area contributed by atoms with Crippen LogP contribution in [0.3, 0.4) is 0 Å². The van der Waals surface area contributed by atoms with Gasteiger partial charge in [-0.05, 0) is 20.0 Å². The number of para-hydroxylation sites is 1. The van der Waals surface area contributed by atoms with E-state index in [-0.39, 0.29) is 5.56 Å². The maximum absolute atomic E-state index is 12.4. The maximum atomic E-state index is 12.4. The average Bonchev–Trinajstić information content (AvgIpc) is 2.29. The number of ether oxygens (including phenoxy) is 1. The van der Waals surface area contributed by atoms with E-state index in [9.17, 15) is 21.6 Å². The number of nitrogens with one attached hydrogen (secondary N) is 1. The molecule has 0 aliphatic carbocycles. The highest BCUT2D eigenvalue weighted by Crippen LogP contribution is 2.33. The molecule has 0 aromatic heterocycles. The number of hydrogen-bond donors (Lipinski definition) is 1. The Hall–Kier alpha value is -1.28. The van der Waals surface area contributed by atoms with Gasteiger partial charge in [-0.25, -0.2) is 8.42 Å². The molecule has 1 aromatic rings. The molecule has 114 valence electrons. The second-order valence-electron chi connectivity index (χ2n) is 4.39. The molecule has 0 amide bonds. The van der Waals surface area contributed by atoms with Crippen molar-refractivity contribution in [1.82, 2.24) is 5.32 Å². The molecule has 0 fully saturated rings. The van der Waals surface area contributed by atoms with E-state index in [1.54, 1.807) is 0 Å². The van der Waals surface area contributed by atoms with Crippen molar-refractivity contribution in [2.45, 2.75) is 24.6 Å². The fourth-order valence-electron chi connectivity index (χ4n) is 1.85. The van der Waals surface area contributed by atoms with Crippen LogP contribution in [0.15, 0.2) is 24.3 Å². The zero-order valence-electron chi connectivity index (χ0n) is 11.2. The van der Waals surface area contributed by atoms with Crippen molar-refractivity contribution < 1.29 is 26.3 Å². The van der Waals surface area contributed by atoms with Crippen molar-refractivity contribution in [2.24, 2.45) is 0 Å². The van der Waals surface area contributed by atoms with Gasteiger partial charge in [0, 0.05) is 11.8 Å². The minimum absolute atomic E-state index is 0.144. The molecular formula is C12H16F3NO3S. The molecule has 2 atom stereocenters. The first-order valence-corrected chi connectivity index (χ1v) is 7.72. The quantitative estimate of drug-likeness (QED) is 0.906. The molecule has 8 heteroatoms. The van der Waals surface area contributed by atoms with Crippen LogP contribution in [0, 0.1) is 0 Å². The Morgan fingerprint density at radius 3 is 2.25 bits per heavy atom. The summed E-state index contributed by atoms with van der Waals surface area (Å²) < 4.78 is 64.2. The molecule has 1 N–H and O–H groups in total. The minimum Gasteiger partial charge on any atom is -0.405 e. The van der Waals surface area contributed by atoms with Crippen LogP contribution < -0.4 is 10.1 Å². The van der Waals surface area contributed by atoms with Crippen molar-refractivity contribution in [3.63, 3.8) is 0 Å². The van der Waals surface area contributed by atoms with Crippen LogP contribution in [-0.2, 0) is 9.84 Å². The predicted molar refractivity (Wildman–Crippen MR) is 69.2 cm³/mol. The molecule has 0 heterocycles. The smallest absolute Gasteiger partial charge is 0.405 e. The summed E-state index contributed by atoms with van der Waals surface area (Å²) in [6.07, 6.45) is -3.79. The van der Waals surface area contributed by atoms with E-state index >= 15 is 0 Å². The molecule has 0 saturated heterocycles. The Balaban J connectivity index is 3.23. The van der Waals surface area contributed by atoms with Gasteiger partial charge in [0.25, 0.3) is 0 Å². The van der Waals surface area contributed by atoms with Gasteiger partial charge in [0.05, 0.1) is 11.3 Å². The Morgan fingerprint density at radius 1 is 1.25 bits per heavy atom. The molecule has 0 bridgehead atoms. The first-order chi connectivity index (χ1) is 9.06. The number of alkyl halides is 3. The lowest BCUT2D eigenvalue weighted by Gasteiger charge is -2.25. The summed E-state index contributed by atoms with van der Waals surface area (Å²) >= 11 is 0. The third kappa shape index (κ3) is 4.38. The van der Waals surface area contributed by atoms with Crippen LogP contribution in [0.25, 0.3) is 0 Å². The standard InChI is InChI=1S/C12H16F3NO3S/c1-8(20(3,17)18)11(16-2)9-6-4-5-7-10(9)19-12(13,14)15/h4-8,11,16H,1-3H3. The molecule has 1 rings (SSSR count). The maximum Gasteiger partial charge on any atom is 0.573 e. The number of benzene rings is 1. The Morgan fingerprint density at radius 2 is 1.80 bits per heavy atom. The van der Waals surface area contributed by atoms with Crippen molar-refractivity contribution >= 4 is 9.84 Å². The Labute approximate surface area is 115 Å². The monoisotopic (exact) mass is 311 g/mol. The lowest BCUT2D eigenvalue weighted by molar-refractivity contribution is -0.275. The van der Waals surface area contributed by atoms with E-state index in [0.717, 1.165) is 12.3 Å². The van der Waals surface area contributed by atoms with Gasteiger partial charge in [0.2, 0.25) is 0 Å². The van der Waals surface area contributed by atoms with Crippen molar-refractivity contribution in [3.05, 3.63) is 29.8 Å². The molecular weight excluding hydrogens is 295 g/mol. The fourth-order valence-corrected chi connectivity index (χ4v) is 2.62. The van der Waals surface area contributed by atoms with E-state index in [1.165, 1.54) is 32.2 Å². The van der Waals surface area contributed by atoms with Crippen LogP contribution in [0.2, 0.25) is 0 Å². The highest BCUT2D eigenvalue weighted by molar-refractivity contribution is 7.91. The van der Waals surface area contributed by atoms with Gasteiger partial charge in [-0.1, -0.05) is 18.2 Å². The van der Waals surface area contributed by atoms with E-state index in [4.69, 9.17) is 0 Å². The van der Waals surface area contributed by atoms with E-state index in [1.807, 2.05) is 0 Å². The van der Waals surface area contributed by atoms with Gasteiger partial charge >= 0.3 is 6.36 Å². The summed E-state index contributed by atoms with van der Waals surface area (Å²) in [5.41, 5.74) is 0.144. The molecule has 1 aromatic carbocycles. The van der Waals surface area contributed by atoms with Gasteiger partial charge in [-0.3, -0.25) is 0 Å². The second-order valence-corrected chi connectivity index (χ2v) is 6.79. The zero-order valence-corrected chi connectivity index (χ0v) is 12.0. The van der Waals surface area contributed by atoms with Crippen molar-refractivity contribution in [1.29, 1.82) is 0 Å². The molecule has 0 aliphatic rings. The van der Waals surface area contributed by atoms with Gasteiger partial charge in [-0.15, -0.1) is 13.2 Å². The van der Waals surface area contributed by atoms with E-state index < -0.39 is 33.2 Å². The Bertz CT molecular complexity index is 557. The zero-order chi connectivity index (χ0) is 15.6. The van der Waals surface area contributed by atoms with Crippen LogP contribution in [0.5, 0.6) is 5.75 Å². The SMILES string of the molecule is CNC(c1ccccc1OC(F)(F)F)C(C)S(C)(=O)=O. The first kappa shape index (κ1) is 16.8. The number of hydrogen-bond acceptors (Lipinski definition) is 4. The number of rotatable bonds is 5. The highest BCUT2D eigenvalue weighted by Gasteiger charge is 2.34. The summed E-state index contributed by atoms with van der Waals surface area (Å²) in [5, 5.41) is 1.83. The third-order valence-corrected chi connectivity index (χ3v) is 4.56. The third-order valence-electron chi connectivity index (χ3n) is 2.94. The topological polar surface area (TPSA) is 55.4 Å². The summed E-state index contributed by atoms with van der Waals surface area (Å²) in [5.74, 6) is -0.408.